The summed E-state index contributed by atoms with van der Waals surface area (Å²) in [7, 11) is 0. The molecule has 1 aromatic rings. The molecule has 1 aliphatic heterocycles. The van der Waals surface area contributed by atoms with Gasteiger partial charge < -0.3 is 14.7 Å². The number of aliphatic hydroxyl groups excluding tert-OH is 1. The van der Waals surface area contributed by atoms with Crippen LogP contribution in [0.25, 0.3) is 0 Å². The Morgan fingerprint density at radius 1 is 0.957 bits per heavy atom. The summed E-state index contributed by atoms with van der Waals surface area (Å²) < 4.78 is 5.79. The third-order valence-corrected chi connectivity index (χ3v) is 5.48. The Labute approximate surface area is 140 Å². The highest BCUT2D eigenvalue weighted by Crippen LogP contribution is 2.33. The number of piperidine rings is 1. The van der Waals surface area contributed by atoms with Gasteiger partial charge in [-0.2, -0.15) is 0 Å². The summed E-state index contributed by atoms with van der Waals surface area (Å²) in [6.45, 7) is 3.63. The molecule has 0 bridgehead atoms. The lowest BCUT2D eigenvalue weighted by molar-refractivity contribution is -0.908. The number of ether oxygens (including phenoxy) is 1. The Bertz CT molecular complexity index is 447. The van der Waals surface area contributed by atoms with Crippen molar-refractivity contribution in [2.75, 3.05) is 26.2 Å². The number of nitrogens with one attached hydrogen (secondary N) is 1. The highest BCUT2D eigenvalue weighted by molar-refractivity contribution is 5.29. The standard InChI is InChI=1S/C20H31NO2/c22-19(15-21-13-5-2-6-14-21)16-23-20-11-9-18(10-12-20)17-7-3-1-4-8-17/h9-12,17,19,22H,1-8,13-16H2/p+1/t19-/m1/s1. The van der Waals surface area contributed by atoms with Gasteiger partial charge in [0, 0.05) is 0 Å². The minimum absolute atomic E-state index is 0.360. The molecule has 128 valence electrons. The zero-order valence-corrected chi connectivity index (χ0v) is 14.3. The summed E-state index contributed by atoms with van der Waals surface area (Å²) in [5.41, 5.74) is 1.45. The quantitative estimate of drug-likeness (QED) is 0.845. The van der Waals surface area contributed by atoms with Crippen molar-refractivity contribution in [1.29, 1.82) is 0 Å². The Morgan fingerprint density at radius 3 is 2.30 bits per heavy atom. The van der Waals surface area contributed by atoms with Gasteiger partial charge in [-0.15, -0.1) is 0 Å². The van der Waals surface area contributed by atoms with Crippen molar-refractivity contribution in [2.24, 2.45) is 0 Å². The average Bonchev–Trinajstić information content (AvgIpc) is 2.62. The van der Waals surface area contributed by atoms with Gasteiger partial charge >= 0.3 is 0 Å². The summed E-state index contributed by atoms with van der Waals surface area (Å²) in [6, 6.07) is 8.58. The molecule has 1 saturated carbocycles. The SMILES string of the molecule is O[C@@H](COc1ccc(C2CCCCC2)cc1)C[NH+]1CCCCC1. The molecule has 3 heteroatoms. The normalized spacial score (nSPS) is 22.0. The van der Waals surface area contributed by atoms with Crippen molar-refractivity contribution in [1.82, 2.24) is 0 Å². The second-order valence-corrected chi connectivity index (χ2v) is 7.38. The van der Waals surface area contributed by atoms with Gasteiger partial charge in [-0.25, -0.2) is 0 Å². The summed E-state index contributed by atoms with van der Waals surface area (Å²) in [5.74, 6) is 1.63. The van der Waals surface area contributed by atoms with E-state index >= 15 is 0 Å². The van der Waals surface area contributed by atoms with Crippen LogP contribution in [-0.2, 0) is 0 Å². The zero-order chi connectivity index (χ0) is 15.9. The molecule has 23 heavy (non-hydrogen) atoms. The molecule has 0 radical (unpaired) electrons. The van der Waals surface area contributed by atoms with Crippen molar-refractivity contribution in [2.45, 2.75) is 63.4 Å². The van der Waals surface area contributed by atoms with Crippen LogP contribution < -0.4 is 9.64 Å². The smallest absolute Gasteiger partial charge is 0.137 e. The van der Waals surface area contributed by atoms with Crippen LogP contribution in [0.2, 0.25) is 0 Å². The first-order valence-electron chi connectivity index (χ1n) is 9.55. The fourth-order valence-electron chi connectivity index (χ4n) is 4.11. The van der Waals surface area contributed by atoms with E-state index in [4.69, 9.17) is 4.74 Å². The minimum Gasteiger partial charge on any atom is -0.491 e. The van der Waals surface area contributed by atoms with Crippen LogP contribution in [0.5, 0.6) is 5.75 Å². The number of hydrogen-bond acceptors (Lipinski definition) is 2. The third kappa shape index (κ3) is 5.22. The van der Waals surface area contributed by atoms with Crippen molar-refractivity contribution in [3.05, 3.63) is 29.8 Å². The molecule has 1 heterocycles. The van der Waals surface area contributed by atoms with Crippen molar-refractivity contribution >= 4 is 0 Å². The van der Waals surface area contributed by atoms with E-state index < -0.39 is 0 Å². The Hall–Kier alpha value is -1.06. The van der Waals surface area contributed by atoms with E-state index in [1.165, 1.54) is 74.9 Å². The van der Waals surface area contributed by atoms with Gasteiger partial charge in [-0.3, -0.25) is 0 Å². The van der Waals surface area contributed by atoms with Crippen molar-refractivity contribution in [3.63, 3.8) is 0 Å². The van der Waals surface area contributed by atoms with Gasteiger partial charge in [0.1, 0.15) is 25.0 Å². The molecule has 0 aromatic heterocycles. The van der Waals surface area contributed by atoms with Crippen LogP contribution in [0.3, 0.4) is 0 Å². The lowest BCUT2D eigenvalue weighted by Crippen LogP contribution is -3.14. The van der Waals surface area contributed by atoms with E-state index in [0.717, 1.165) is 18.2 Å². The average molecular weight is 318 g/mol. The molecule has 0 amide bonds. The Kier molecular flexibility index (Phi) is 6.35. The highest BCUT2D eigenvalue weighted by atomic mass is 16.5. The van der Waals surface area contributed by atoms with E-state index in [0.29, 0.717) is 6.61 Å². The number of rotatable bonds is 6. The molecule has 2 N–H and O–H groups in total. The van der Waals surface area contributed by atoms with Gasteiger partial charge in [0.25, 0.3) is 0 Å². The fourth-order valence-corrected chi connectivity index (χ4v) is 4.11. The van der Waals surface area contributed by atoms with Crippen molar-refractivity contribution in [3.8, 4) is 5.75 Å². The van der Waals surface area contributed by atoms with Gasteiger partial charge in [-0.1, -0.05) is 31.4 Å². The molecule has 3 rings (SSSR count). The topological polar surface area (TPSA) is 33.9 Å². The lowest BCUT2D eigenvalue weighted by Gasteiger charge is -2.25. The predicted octanol–water partition coefficient (Wildman–Crippen LogP) is 2.54. The summed E-state index contributed by atoms with van der Waals surface area (Å²) in [4.78, 5) is 1.53. The molecule has 1 atom stereocenters. The predicted molar refractivity (Wildman–Crippen MR) is 93.2 cm³/mol. The first kappa shape index (κ1) is 16.8. The van der Waals surface area contributed by atoms with Crippen LogP contribution in [-0.4, -0.2) is 37.5 Å². The molecule has 1 aliphatic carbocycles. The van der Waals surface area contributed by atoms with E-state index in [2.05, 4.69) is 24.3 Å². The monoisotopic (exact) mass is 318 g/mol. The summed E-state index contributed by atoms with van der Waals surface area (Å²) in [5, 5.41) is 10.2. The molecular weight excluding hydrogens is 286 g/mol. The van der Waals surface area contributed by atoms with Gasteiger partial charge in [0.15, 0.2) is 0 Å². The maximum atomic E-state index is 10.2. The number of aliphatic hydroxyl groups is 1. The maximum absolute atomic E-state index is 10.2. The molecule has 0 unspecified atom stereocenters. The first-order valence-corrected chi connectivity index (χ1v) is 9.55. The summed E-state index contributed by atoms with van der Waals surface area (Å²) >= 11 is 0. The van der Waals surface area contributed by atoms with Crippen LogP contribution in [0.15, 0.2) is 24.3 Å². The number of quaternary nitrogens is 1. The molecule has 0 spiro atoms. The molecule has 1 aromatic carbocycles. The Balaban J connectivity index is 1.42. The molecule has 3 nitrogen and oxygen atoms in total. The molecular formula is C20H32NO2+. The van der Waals surface area contributed by atoms with E-state index in [1.807, 2.05) is 0 Å². The van der Waals surface area contributed by atoms with E-state index in [9.17, 15) is 5.11 Å². The largest absolute Gasteiger partial charge is 0.491 e. The second-order valence-electron chi connectivity index (χ2n) is 7.38. The van der Waals surface area contributed by atoms with Crippen LogP contribution in [0.4, 0.5) is 0 Å². The molecule has 1 saturated heterocycles. The third-order valence-electron chi connectivity index (χ3n) is 5.48. The molecule has 2 aliphatic rings. The van der Waals surface area contributed by atoms with E-state index in [1.54, 1.807) is 0 Å². The van der Waals surface area contributed by atoms with Crippen LogP contribution in [0, 0.1) is 0 Å². The Morgan fingerprint density at radius 2 is 1.61 bits per heavy atom. The van der Waals surface area contributed by atoms with Crippen LogP contribution in [0.1, 0.15) is 62.8 Å². The zero-order valence-electron chi connectivity index (χ0n) is 14.3. The first-order chi connectivity index (χ1) is 11.3. The lowest BCUT2D eigenvalue weighted by atomic mass is 9.84. The van der Waals surface area contributed by atoms with Gasteiger partial charge in [0.2, 0.25) is 0 Å². The number of benzene rings is 1. The van der Waals surface area contributed by atoms with E-state index in [-0.39, 0.29) is 6.10 Å². The number of likely N-dealkylation sites (tertiary alicyclic amines) is 1. The number of hydrogen-bond donors (Lipinski definition) is 2. The minimum atomic E-state index is -0.360. The highest BCUT2D eigenvalue weighted by Gasteiger charge is 2.18. The molecule has 2 fully saturated rings. The van der Waals surface area contributed by atoms with Crippen LogP contribution >= 0.6 is 0 Å². The maximum Gasteiger partial charge on any atom is 0.137 e. The van der Waals surface area contributed by atoms with Gasteiger partial charge in [-0.05, 0) is 55.7 Å². The second kappa shape index (κ2) is 8.70. The summed E-state index contributed by atoms with van der Waals surface area (Å²) in [6.07, 6.45) is 10.4. The van der Waals surface area contributed by atoms with Crippen molar-refractivity contribution < 1.29 is 14.7 Å². The van der Waals surface area contributed by atoms with Gasteiger partial charge in [0.05, 0.1) is 13.1 Å². The fraction of sp³-hybridized carbons (Fsp3) is 0.700.